The van der Waals surface area contributed by atoms with Crippen molar-refractivity contribution in [2.75, 3.05) is 5.73 Å². The molecule has 0 radical (unpaired) electrons. The first kappa shape index (κ1) is 25.1. The highest BCUT2D eigenvalue weighted by Crippen LogP contribution is 2.36. The number of hydrogen-bond acceptors (Lipinski definition) is 9. The number of aryl methyl sites for hydroxylation is 1. The van der Waals surface area contributed by atoms with Gasteiger partial charge in [0, 0.05) is 16.5 Å². The first-order chi connectivity index (χ1) is 16.9. The number of nitrogens with zero attached hydrogens (tertiary/aromatic N) is 4. The van der Waals surface area contributed by atoms with Crippen molar-refractivity contribution in [1.82, 2.24) is 0 Å². The largest absolute Gasteiger partial charge is 0.398 e. The van der Waals surface area contributed by atoms with E-state index in [1.807, 2.05) is 0 Å². The molecule has 0 spiro atoms. The number of anilines is 1. The predicted molar refractivity (Wildman–Crippen MR) is 134 cm³/mol. The van der Waals surface area contributed by atoms with E-state index in [1.165, 1.54) is 36.4 Å². The Labute approximate surface area is 206 Å². The molecule has 4 aromatic rings. The lowest BCUT2D eigenvalue weighted by Crippen LogP contribution is -2.01. The van der Waals surface area contributed by atoms with E-state index < -0.39 is 20.2 Å². The summed E-state index contributed by atoms with van der Waals surface area (Å²) in [4.78, 5) is -0.604. The maximum atomic E-state index is 11.8. The third-order valence-electron chi connectivity index (χ3n) is 5.13. The maximum Gasteiger partial charge on any atom is 0.295 e. The average molecular weight is 526 g/mol. The van der Waals surface area contributed by atoms with E-state index in [9.17, 15) is 21.4 Å². The lowest BCUT2D eigenvalue weighted by molar-refractivity contribution is 0.481. The number of nitrogen functional groups attached to an aromatic ring is 1. The van der Waals surface area contributed by atoms with E-state index in [-0.39, 0.29) is 26.6 Å². The highest BCUT2D eigenvalue weighted by atomic mass is 32.2. The molecule has 0 bridgehead atoms. The summed E-state index contributed by atoms with van der Waals surface area (Å²) in [6.45, 7) is 1.78. The van der Waals surface area contributed by atoms with Crippen LogP contribution in [0.4, 0.5) is 28.4 Å². The smallest absolute Gasteiger partial charge is 0.295 e. The molecule has 13 heteroatoms. The number of hydrogen-bond donors (Lipinski definition) is 3. The van der Waals surface area contributed by atoms with Crippen molar-refractivity contribution in [1.29, 1.82) is 0 Å². The summed E-state index contributed by atoms with van der Waals surface area (Å²) < 4.78 is 64.8. The fraction of sp³-hybridized carbons (Fsp3) is 0.0435. The minimum atomic E-state index is -4.50. The van der Waals surface area contributed by atoms with E-state index >= 15 is 0 Å². The number of fused-ring (bicyclic) bond motifs is 1. The summed E-state index contributed by atoms with van der Waals surface area (Å²) >= 11 is 0. The molecule has 0 aliphatic carbocycles. The van der Waals surface area contributed by atoms with Crippen LogP contribution in [-0.4, -0.2) is 25.9 Å². The average Bonchev–Trinajstić information content (AvgIpc) is 2.82. The molecule has 184 valence electrons. The Balaban J connectivity index is 1.63. The van der Waals surface area contributed by atoms with E-state index in [0.29, 0.717) is 28.0 Å². The second-order valence-electron chi connectivity index (χ2n) is 7.67. The monoisotopic (exact) mass is 525 g/mol. The van der Waals surface area contributed by atoms with Gasteiger partial charge < -0.3 is 5.73 Å². The Bertz CT molecular complexity index is 1770. The van der Waals surface area contributed by atoms with Gasteiger partial charge in [0.15, 0.2) is 0 Å². The molecule has 0 aliphatic heterocycles. The van der Waals surface area contributed by atoms with Crippen molar-refractivity contribution in [3.05, 3.63) is 78.4 Å². The minimum absolute atomic E-state index is 0.154. The number of rotatable bonds is 6. The van der Waals surface area contributed by atoms with Crippen LogP contribution >= 0.6 is 0 Å². The van der Waals surface area contributed by atoms with Crippen LogP contribution in [0.1, 0.15) is 5.56 Å². The molecule has 0 aliphatic rings. The van der Waals surface area contributed by atoms with Crippen LogP contribution in [0.5, 0.6) is 0 Å². The normalized spacial score (nSPS) is 12.6. The first-order valence-corrected chi connectivity index (χ1v) is 13.1. The van der Waals surface area contributed by atoms with Gasteiger partial charge in [-0.2, -0.15) is 32.2 Å². The SMILES string of the molecule is Cc1cc(/N=N/c2ccc(N)c3c(S(=O)(=O)O)cccc23)ccc1/N=N/c1cccc(S(=O)(=O)O)c1. The highest BCUT2D eigenvalue weighted by molar-refractivity contribution is 7.86. The van der Waals surface area contributed by atoms with E-state index in [1.54, 1.807) is 43.3 Å². The van der Waals surface area contributed by atoms with Gasteiger partial charge in [-0.1, -0.05) is 18.2 Å². The molecular formula is C23H19N5O6S2. The first-order valence-electron chi connectivity index (χ1n) is 10.2. The van der Waals surface area contributed by atoms with Gasteiger partial charge >= 0.3 is 0 Å². The Hall–Kier alpha value is -4.04. The molecule has 4 rings (SSSR count). The second kappa shape index (κ2) is 9.54. The number of azo groups is 2. The van der Waals surface area contributed by atoms with Crippen molar-refractivity contribution < 1.29 is 25.9 Å². The summed E-state index contributed by atoms with van der Waals surface area (Å²) in [5.74, 6) is 0. The van der Waals surface area contributed by atoms with Crippen LogP contribution in [0.2, 0.25) is 0 Å². The molecule has 0 unspecified atom stereocenters. The van der Waals surface area contributed by atoms with Crippen molar-refractivity contribution >= 4 is 59.4 Å². The molecule has 0 amide bonds. The third kappa shape index (κ3) is 5.44. The number of benzene rings is 4. The Kier molecular flexibility index (Phi) is 6.65. The summed E-state index contributed by atoms with van der Waals surface area (Å²) in [7, 11) is -8.85. The van der Waals surface area contributed by atoms with Crippen molar-refractivity contribution in [3.8, 4) is 0 Å². The van der Waals surface area contributed by atoms with Gasteiger partial charge in [0.1, 0.15) is 4.90 Å². The van der Waals surface area contributed by atoms with E-state index in [0.717, 1.165) is 0 Å². The van der Waals surface area contributed by atoms with Crippen molar-refractivity contribution in [2.24, 2.45) is 20.5 Å². The maximum absolute atomic E-state index is 11.8. The predicted octanol–water partition coefficient (Wildman–Crippen LogP) is 6.05. The van der Waals surface area contributed by atoms with Crippen LogP contribution in [0.3, 0.4) is 0 Å². The zero-order valence-electron chi connectivity index (χ0n) is 18.6. The van der Waals surface area contributed by atoms with Gasteiger partial charge in [0.05, 0.1) is 27.6 Å². The highest BCUT2D eigenvalue weighted by Gasteiger charge is 2.17. The molecule has 0 atom stereocenters. The standard InChI is InChI=1S/C23H19N5O6S2/c1-14-12-16(8-10-20(14)27-25-15-4-2-5-17(13-15)35(29,30)31)26-28-21-11-9-19(24)23-18(21)6-3-7-22(23)36(32,33)34/h2-13H,24H2,1H3,(H,29,30,31)(H,32,33,34)/b27-25+,28-26+. The van der Waals surface area contributed by atoms with Crippen LogP contribution in [0.15, 0.2) is 103 Å². The molecule has 36 heavy (non-hydrogen) atoms. The van der Waals surface area contributed by atoms with Gasteiger partial charge in [0.25, 0.3) is 20.2 Å². The minimum Gasteiger partial charge on any atom is -0.398 e. The van der Waals surface area contributed by atoms with Gasteiger partial charge in [-0.25, -0.2) is 0 Å². The fourth-order valence-electron chi connectivity index (χ4n) is 3.43. The van der Waals surface area contributed by atoms with Gasteiger partial charge in [0.2, 0.25) is 0 Å². The summed E-state index contributed by atoms with van der Waals surface area (Å²) in [5, 5.41) is 17.1. The van der Waals surface area contributed by atoms with Crippen molar-refractivity contribution in [3.63, 3.8) is 0 Å². The summed E-state index contributed by atoms with van der Waals surface area (Å²) in [5.41, 5.74) is 8.41. The molecule has 0 saturated carbocycles. The van der Waals surface area contributed by atoms with Gasteiger partial charge in [-0.3, -0.25) is 9.11 Å². The summed E-state index contributed by atoms with van der Waals surface area (Å²) in [6.07, 6.45) is 0. The molecular weight excluding hydrogens is 506 g/mol. The quantitative estimate of drug-likeness (QED) is 0.155. The number of nitrogens with two attached hydrogens (primary N) is 1. The van der Waals surface area contributed by atoms with Crippen LogP contribution < -0.4 is 5.73 Å². The van der Waals surface area contributed by atoms with E-state index in [2.05, 4.69) is 20.5 Å². The van der Waals surface area contributed by atoms with Gasteiger partial charge in [-0.05, 0) is 67.1 Å². The molecule has 11 nitrogen and oxygen atoms in total. The molecule has 0 aromatic heterocycles. The van der Waals surface area contributed by atoms with Gasteiger partial charge in [-0.15, -0.1) is 5.11 Å². The molecule has 0 fully saturated rings. The van der Waals surface area contributed by atoms with E-state index in [4.69, 9.17) is 10.3 Å². The Morgan fingerprint density at radius 1 is 0.694 bits per heavy atom. The Morgan fingerprint density at radius 3 is 2.00 bits per heavy atom. The topological polar surface area (TPSA) is 184 Å². The van der Waals surface area contributed by atoms with Crippen LogP contribution in [0.25, 0.3) is 10.8 Å². The molecule has 0 saturated heterocycles. The van der Waals surface area contributed by atoms with Crippen LogP contribution in [0, 0.1) is 6.92 Å². The zero-order valence-corrected chi connectivity index (χ0v) is 20.3. The lowest BCUT2D eigenvalue weighted by atomic mass is 10.1. The second-order valence-corrected chi connectivity index (χ2v) is 10.5. The fourth-order valence-corrected chi connectivity index (χ4v) is 4.69. The Morgan fingerprint density at radius 2 is 1.33 bits per heavy atom. The van der Waals surface area contributed by atoms with Crippen LogP contribution in [-0.2, 0) is 20.2 Å². The van der Waals surface area contributed by atoms with Crippen molar-refractivity contribution in [2.45, 2.75) is 16.7 Å². The summed E-state index contributed by atoms with van der Waals surface area (Å²) in [6, 6.07) is 17.8. The zero-order chi connectivity index (χ0) is 26.1. The molecule has 4 aromatic carbocycles. The molecule has 4 N–H and O–H groups in total. The lowest BCUT2D eigenvalue weighted by Gasteiger charge is -2.08. The third-order valence-corrected chi connectivity index (χ3v) is 6.88. The molecule has 0 heterocycles.